The number of rotatable bonds is 6. The molecule has 0 radical (unpaired) electrons. The first-order chi connectivity index (χ1) is 9.61. The number of nitrogens with one attached hydrogen (secondary N) is 1. The van der Waals surface area contributed by atoms with E-state index in [-0.39, 0.29) is 6.61 Å². The zero-order valence-corrected chi connectivity index (χ0v) is 11.9. The molecule has 21 heavy (non-hydrogen) atoms. The molecular weight excluding hydrogens is 291 g/mol. The predicted octanol–water partition coefficient (Wildman–Crippen LogP) is 0.711. The first kappa shape index (κ1) is 17.4. The molecule has 0 bridgehead atoms. The van der Waals surface area contributed by atoms with Crippen LogP contribution in [0.2, 0.25) is 0 Å². The van der Waals surface area contributed by atoms with Crippen LogP contribution in [0.3, 0.4) is 0 Å². The summed E-state index contributed by atoms with van der Waals surface area (Å²) in [5.41, 5.74) is -3.35. The third-order valence-electron chi connectivity index (χ3n) is 2.90. The molecule has 1 rings (SSSR count). The number of carbonyl (C=O) groups excluding carboxylic acids is 1. The minimum absolute atomic E-state index is 0.151. The van der Waals surface area contributed by atoms with E-state index in [9.17, 15) is 23.1 Å². The summed E-state index contributed by atoms with van der Waals surface area (Å²) in [6.45, 7) is 1.73. The summed E-state index contributed by atoms with van der Waals surface area (Å²) in [7, 11) is 2.72. The van der Waals surface area contributed by atoms with Gasteiger partial charge >= 0.3 is 6.18 Å². The van der Waals surface area contributed by atoms with Gasteiger partial charge in [-0.2, -0.15) is 13.2 Å². The van der Waals surface area contributed by atoms with Crippen molar-refractivity contribution in [3.8, 4) is 0 Å². The summed E-state index contributed by atoms with van der Waals surface area (Å²) in [5, 5.41) is 12.3. The summed E-state index contributed by atoms with van der Waals surface area (Å²) >= 11 is 0. The molecule has 0 spiro atoms. The fourth-order valence-corrected chi connectivity index (χ4v) is 1.92. The Labute approximate surface area is 119 Å². The van der Waals surface area contributed by atoms with Crippen molar-refractivity contribution in [1.29, 1.82) is 0 Å². The number of aliphatic hydroxyl groups is 1. The fraction of sp³-hybridized carbons (Fsp3) is 0.667. The first-order valence-electron chi connectivity index (χ1n) is 6.17. The molecule has 1 amide bonds. The standard InChI is InChI=1S/C12H18F3N3O3/c1-8(7-21-3)17-9(19)6-11(20,12(13,14)15)10-16-4-5-18(10)2/h4-5,8,20H,6-7H2,1-3H3,(H,17,19). The van der Waals surface area contributed by atoms with E-state index < -0.39 is 36.0 Å². The molecule has 0 aliphatic rings. The minimum atomic E-state index is -5.03. The Bertz CT molecular complexity index is 490. The van der Waals surface area contributed by atoms with Crippen LogP contribution in [0.15, 0.2) is 12.4 Å². The van der Waals surface area contributed by atoms with Crippen LogP contribution in [-0.2, 0) is 22.2 Å². The van der Waals surface area contributed by atoms with Gasteiger partial charge in [0.15, 0.2) is 5.82 Å². The smallest absolute Gasteiger partial charge is 0.383 e. The van der Waals surface area contributed by atoms with Gasteiger partial charge in [-0.25, -0.2) is 4.98 Å². The maximum atomic E-state index is 13.2. The summed E-state index contributed by atoms with van der Waals surface area (Å²) in [6, 6.07) is -0.471. The number of aryl methyl sites for hydroxylation is 1. The molecule has 120 valence electrons. The summed E-state index contributed by atoms with van der Waals surface area (Å²) < 4.78 is 45.4. The zero-order valence-electron chi connectivity index (χ0n) is 11.9. The number of amides is 1. The number of aromatic nitrogens is 2. The second-order valence-corrected chi connectivity index (χ2v) is 4.82. The van der Waals surface area contributed by atoms with E-state index in [0.29, 0.717) is 0 Å². The summed E-state index contributed by atoms with van der Waals surface area (Å²) in [4.78, 5) is 15.2. The molecule has 9 heteroatoms. The lowest BCUT2D eigenvalue weighted by Gasteiger charge is -2.29. The number of imidazole rings is 1. The average Bonchev–Trinajstić information content (AvgIpc) is 2.74. The van der Waals surface area contributed by atoms with Crippen molar-refractivity contribution in [3.63, 3.8) is 0 Å². The number of carbonyl (C=O) groups is 1. The van der Waals surface area contributed by atoms with Gasteiger partial charge in [0, 0.05) is 32.6 Å². The SMILES string of the molecule is COCC(C)NC(=O)CC(O)(c1nccn1C)C(F)(F)F. The number of hydrogen-bond donors (Lipinski definition) is 2. The second kappa shape index (κ2) is 6.44. The van der Waals surface area contributed by atoms with Crippen LogP contribution in [0.25, 0.3) is 0 Å². The molecule has 0 saturated carbocycles. The molecule has 0 aromatic carbocycles. The molecule has 0 aliphatic heterocycles. The monoisotopic (exact) mass is 309 g/mol. The normalized spacial score (nSPS) is 16.3. The van der Waals surface area contributed by atoms with Gasteiger partial charge in [-0.3, -0.25) is 4.79 Å². The first-order valence-corrected chi connectivity index (χ1v) is 6.17. The molecule has 2 atom stereocenters. The third kappa shape index (κ3) is 3.94. The summed E-state index contributed by atoms with van der Waals surface area (Å²) in [5.74, 6) is -1.58. The van der Waals surface area contributed by atoms with Gasteiger partial charge in [-0.05, 0) is 6.92 Å². The Morgan fingerprint density at radius 3 is 2.62 bits per heavy atom. The van der Waals surface area contributed by atoms with E-state index in [1.54, 1.807) is 6.92 Å². The Hall–Kier alpha value is -1.61. The van der Waals surface area contributed by atoms with Crippen LogP contribution in [0.5, 0.6) is 0 Å². The van der Waals surface area contributed by atoms with Crippen LogP contribution >= 0.6 is 0 Å². The van der Waals surface area contributed by atoms with Crippen molar-refractivity contribution in [1.82, 2.24) is 14.9 Å². The van der Waals surface area contributed by atoms with Crippen molar-refractivity contribution in [3.05, 3.63) is 18.2 Å². The molecule has 1 heterocycles. The highest BCUT2D eigenvalue weighted by Gasteiger charge is 2.58. The fourth-order valence-electron chi connectivity index (χ4n) is 1.92. The molecule has 1 aromatic heterocycles. The van der Waals surface area contributed by atoms with Gasteiger partial charge in [-0.1, -0.05) is 0 Å². The van der Waals surface area contributed by atoms with Crippen LogP contribution in [-0.4, -0.2) is 46.5 Å². The molecule has 0 aliphatic carbocycles. The Balaban J connectivity index is 2.96. The molecular formula is C12H18F3N3O3. The predicted molar refractivity (Wildman–Crippen MR) is 67.3 cm³/mol. The molecule has 2 unspecified atom stereocenters. The number of methoxy groups -OCH3 is 1. The highest BCUT2D eigenvalue weighted by molar-refractivity contribution is 5.77. The molecule has 2 N–H and O–H groups in total. The topological polar surface area (TPSA) is 76.4 Å². The van der Waals surface area contributed by atoms with Crippen LogP contribution < -0.4 is 5.32 Å². The van der Waals surface area contributed by atoms with E-state index >= 15 is 0 Å². The number of alkyl halides is 3. The van der Waals surface area contributed by atoms with E-state index in [1.807, 2.05) is 0 Å². The minimum Gasteiger partial charge on any atom is -0.383 e. The zero-order chi connectivity index (χ0) is 16.3. The van der Waals surface area contributed by atoms with Crippen LogP contribution in [0.4, 0.5) is 13.2 Å². The highest BCUT2D eigenvalue weighted by atomic mass is 19.4. The largest absolute Gasteiger partial charge is 0.425 e. The van der Waals surface area contributed by atoms with Gasteiger partial charge in [-0.15, -0.1) is 0 Å². The number of ether oxygens (including phenoxy) is 1. The van der Waals surface area contributed by atoms with Gasteiger partial charge < -0.3 is 19.7 Å². The van der Waals surface area contributed by atoms with Crippen molar-refractivity contribution < 1.29 is 27.8 Å². The van der Waals surface area contributed by atoms with Gasteiger partial charge in [0.1, 0.15) is 0 Å². The van der Waals surface area contributed by atoms with E-state index in [4.69, 9.17) is 4.74 Å². The lowest BCUT2D eigenvalue weighted by molar-refractivity contribution is -0.271. The maximum Gasteiger partial charge on any atom is 0.425 e. The average molecular weight is 309 g/mol. The highest BCUT2D eigenvalue weighted by Crippen LogP contribution is 2.40. The lowest BCUT2D eigenvalue weighted by atomic mass is 9.97. The lowest BCUT2D eigenvalue weighted by Crippen LogP contribution is -2.49. The maximum absolute atomic E-state index is 13.2. The van der Waals surface area contributed by atoms with Crippen molar-refractivity contribution >= 4 is 5.91 Å². The number of hydrogen-bond acceptors (Lipinski definition) is 4. The van der Waals surface area contributed by atoms with E-state index in [2.05, 4.69) is 10.3 Å². The van der Waals surface area contributed by atoms with Crippen molar-refractivity contribution in [2.45, 2.75) is 31.2 Å². The van der Waals surface area contributed by atoms with Crippen LogP contribution in [0, 0.1) is 0 Å². The van der Waals surface area contributed by atoms with Crippen molar-refractivity contribution in [2.24, 2.45) is 7.05 Å². The van der Waals surface area contributed by atoms with Crippen molar-refractivity contribution in [2.75, 3.05) is 13.7 Å². The quantitative estimate of drug-likeness (QED) is 0.811. The third-order valence-corrected chi connectivity index (χ3v) is 2.90. The van der Waals surface area contributed by atoms with Gasteiger partial charge in [0.05, 0.1) is 13.0 Å². The molecule has 1 aromatic rings. The molecule has 6 nitrogen and oxygen atoms in total. The Morgan fingerprint density at radius 1 is 1.57 bits per heavy atom. The number of halogens is 3. The van der Waals surface area contributed by atoms with E-state index in [0.717, 1.165) is 10.8 Å². The second-order valence-electron chi connectivity index (χ2n) is 4.82. The Morgan fingerprint density at radius 2 is 2.19 bits per heavy atom. The molecule has 0 saturated heterocycles. The van der Waals surface area contributed by atoms with E-state index in [1.165, 1.54) is 20.4 Å². The van der Waals surface area contributed by atoms with Gasteiger partial charge in [0.25, 0.3) is 0 Å². The van der Waals surface area contributed by atoms with Gasteiger partial charge in [0.2, 0.25) is 11.5 Å². The number of nitrogens with zero attached hydrogens (tertiary/aromatic N) is 2. The molecule has 0 fully saturated rings. The Kier molecular flexibility index (Phi) is 5.35. The van der Waals surface area contributed by atoms with Crippen LogP contribution in [0.1, 0.15) is 19.2 Å². The summed E-state index contributed by atoms with van der Waals surface area (Å²) in [6.07, 6.45) is -3.82.